The van der Waals surface area contributed by atoms with Crippen LogP contribution in [0.4, 0.5) is 4.39 Å². The molecule has 3 rings (SSSR count). The summed E-state index contributed by atoms with van der Waals surface area (Å²) < 4.78 is 16.0. The molecule has 0 bridgehead atoms. The lowest BCUT2D eigenvalue weighted by Gasteiger charge is -2.11. The monoisotopic (exact) mass is 255 g/mol. The minimum absolute atomic E-state index is 0.255. The highest BCUT2D eigenvalue weighted by molar-refractivity contribution is 5.77. The Labute approximate surface area is 110 Å². The Bertz CT molecular complexity index is 718. The summed E-state index contributed by atoms with van der Waals surface area (Å²) in [5, 5.41) is 0. The lowest BCUT2D eigenvalue weighted by atomic mass is 10.1. The number of nitrogens with two attached hydrogens (primary N) is 1. The van der Waals surface area contributed by atoms with E-state index in [0.717, 1.165) is 16.6 Å². The fourth-order valence-corrected chi connectivity index (χ4v) is 2.32. The Morgan fingerprint density at radius 2 is 1.95 bits per heavy atom. The molecule has 0 aliphatic heterocycles. The molecule has 0 radical (unpaired) electrons. The second kappa shape index (κ2) is 4.82. The molecule has 0 saturated heterocycles. The van der Waals surface area contributed by atoms with Crippen molar-refractivity contribution in [2.75, 3.05) is 6.54 Å². The third kappa shape index (κ3) is 2.00. The number of nitrogens with zero attached hydrogens (tertiary/aromatic N) is 2. The molecule has 4 heteroatoms. The average molecular weight is 255 g/mol. The van der Waals surface area contributed by atoms with Crippen LogP contribution in [-0.2, 0) is 6.42 Å². The van der Waals surface area contributed by atoms with Gasteiger partial charge in [0.05, 0.1) is 16.7 Å². The third-order valence-corrected chi connectivity index (χ3v) is 3.18. The molecular formula is C15H14FN3. The van der Waals surface area contributed by atoms with Gasteiger partial charge in [-0.2, -0.15) is 0 Å². The van der Waals surface area contributed by atoms with Gasteiger partial charge in [0, 0.05) is 0 Å². The van der Waals surface area contributed by atoms with E-state index in [-0.39, 0.29) is 5.82 Å². The summed E-state index contributed by atoms with van der Waals surface area (Å²) in [6, 6.07) is 12.8. The van der Waals surface area contributed by atoms with Crippen molar-refractivity contribution in [3.63, 3.8) is 0 Å². The summed E-state index contributed by atoms with van der Waals surface area (Å²) in [4.78, 5) is 4.30. The molecule has 0 spiro atoms. The highest BCUT2D eigenvalue weighted by Crippen LogP contribution is 2.23. The largest absolute Gasteiger partial charge is 0.330 e. The van der Waals surface area contributed by atoms with Crippen molar-refractivity contribution < 1.29 is 4.39 Å². The van der Waals surface area contributed by atoms with Gasteiger partial charge in [0.25, 0.3) is 0 Å². The molecule has 3 nitrogen and oxygen atoms in total. The maximum absolute atomic E-state index is 14.2. The van der Waals surface area contributed by atoms with Gasteiger partial charge in [-0.1, -0.05) is 24.3 Å². The predicted octanol–water partition coefficient (Wildman–Crippen LogP) is 2.67. The predicted molar refractivity (Wildman–Crippen MR) is 73.8 cm³/mol. The number of rotatable bonds is 3. The molecular weight excluding hydrogens is 241 g/mol. The number of para-hydroxylation sites is 3. The van der Waals surface area contributed by atoms with Gasteiger partial charge in [0.15, 0.2) is 0 Å². The molecule has 2 N–H and O–H groups in total. The second-order valence-electron chi connectivity index (χ2n) is 4.39. The molecule has 19 heavy (non-hydrogen) atoms. The van der Waals surface area contributed by atoms with Crippen LogP contribution in [0.1, 0.15) is 5.56 Å². The van der Waals surface area contributed by atoms with E-state index in [1.54, 1.807) is 17.0 Å². The van der Waals surface area contributed by atoms with Gasteiger partial charge >= 0.3 is 0 Å². The van der Waals surface area contributed by atoms with Gasteiger partial charge in [-0.3, -0.25) is 4.57 Å². The minimum atomic E-state index is -0.255. The topological polar surface area (TPSA) is 43.8 Å². The number of hydrogen-bond donors (Lipinski definition) is 1. The van der Waals surface area contributed by atoms with Crippen LogP contribution in [-0.4, -0.2) is 16.1 Å². The highest BCUT2D eigenvalue weighted by Gasteiger charge is 2.12. The molecule has 96 valence electrons. The van der Waals surface area contributed by atoms with Gasteiger partial charge in [0.1, 0.15) is 12.1 Å². The maximum Gasteiger partial charge on any atom is 0.147 e. The zero-order valence-electron chi connectivity index (χ0n) is 10.4. The summed E-state index contributed by atoms with van der Waals surface area (Å²) in [6.07, 6.45) is 2.29. The standard InChI is InChI=1S/C15H14FN3/c16-12-5-3-4-11(8-9-17)15(12)19-10-18-13-6-1-2-7-14(13)19/h1-7,10H,8-9,17H2. The van der Waals surface area contributed by atoms with Crippen LogP contribution in [0, 0.1) is 5.82 Å². The smallest absolute Gasteiger partial charge is 0.147 e. The van der Waals surface area contributed by atoms with E-state index in [1.807, 2.05) is 30.3 Å². The first-order chi connectivity index (χ1) is 9.31. The number of halogens is 1. The zero-order valence-corrected chi connectivity index (χ0v) is 10.4. The Morgan fingerprint density at radius 3 is 2.79 bits per heavy atom. The van der Waals surface area contributed by atoms with E-state index in [4.69, 9.17) is 5.73 Å². The molecule has 0 atom stereocenters. The third-order valence-electron chi connectivity index (χ3n) is 3.18. The molecule has 0 aliphatic carbocycles. The number of fused-ring (bicyclic) bond motifs is 1. The average Bonchev–Trinajstić information content (AvgIpc) is 2.83. The van der Waals surface area contributed by atoms with Crippen LogP contribution in [0.3, 0.4) is 0 Å². The Balaban J connectivity index is 2.26. The summed E-state index contributed by atoms with van der Waals surface area (Å²) in [5.74, 6) is -0.255. The second-order valence-corrected chi connectivity index (χ2v) is 4.39. The van der Waals surface area contributed by atoms with Gasteiger partial charge in [0.2, 0.25) is 0 Å². The van der Waals surface area contributed by atoms with Crippen LogP contribution in [0.15, 0.2) is 48.8 Å². The molecule has 1 heterocycles. The van der Waals surface area contributed by atoms with E-state index < -0.39 is 0 Å². The molecule has 2 aromatic carbocycles. The van der Waals surface area contributed by atoms with Crippen molar-refractivity contribution >= 4 is 11.0 Å². The van der Waals surface area contributed by atoms with Crippen molar-refractivity contribution in [3.8, 4) is 5.69 Å². The number of imidazole rings is 1. The van der Waals surface area contributed by atoms with Crippen molar-refractivity contribution in [1.82, 2.24) is 9.55 Å². The first-order valence-corrected chi connectivity index (χ1v) is 6.21. The normalized spacial score (nSPS) is 11.1. The SMILES string of the molecule is NCCc1cccc(F)c1-n1cnc2ccccc21. The maximum atomic E-state index is 14.2. The van der Waals surface area contributed by atoms with E-state index >= 15 is 0 Å². The molecule has 0 unspecified atom stereocenters. The molecule has 1 aromatic heterocycles. The summed E-state index contributed by atoms with van der Waals surface area (Å²) in [6.45, 7) is 0.489. The van der Waals surface area contributed by atoms with E-state index in [1.165, 1.54) is 6.07 Å². The number of hydrogen-bond acceptors (Lipinski definition) is 2. The van der Waals surface area contributed by atoms with E-state index in [2.05, 4.69) is 4.98 Å². The quantitative estimate of drug-likeness (QED) is 0.782. The fourth-order valence-electron chi connectivity index (χ4n) is 2.32. The summed E-state index contributed by atoms with van der Waals surface area (Å²) in [5.41, 5.74) is 8.78. The molecule has 0 aliphatic rings. The fraction of sp³-hybridized carbons (Fsp3) is 0.133. The summed E-state index contributed by atoms with van der Waals surface area (Å²) >= 11 is 0. The van der Waals surface area contributed by atoms with Crippen LogP contribution in [0.5, 0.6) is 0 Å². The zero-order chi connectivity index (χ0) is 13.2. The van der Waals surface area contributed by atoms with Crippen molar-refractivity contribution in [2.24, 2.45) is 5.73 Å². The van der Waals surface area contributed by atoms with Gasteiger partial charge in [-0.05, 0) is 36.7 Å². The lowest BCUT2D eigenvalue weighted by Crippen LogP contribution is -2.08. The first kappa shape index (κ1) is 11.9. The van der Waals surface area contributed by atoms with Gasteiger partial charge in [-0.15, -0.1) is 0 Å². The first-order valence-electron chi connectivity index (χ1n) is 6.21. The number of aromatic nitrogens is 2. The Morgan fingerprint density at radius 1 is 1.11 bits per heavy atom. The van der Waals surface area contributed by atoms with Crippen molar-refractivity contribution in [3.05, 3.63) is 60.2 Å². The van der Waals surface area contributed by atoms with Crippen LogP contribution >= 0.6 is 0 Å². The van der Waals surface area contributed by atoms with Gasteiger partial charge in [-0.25, -0.2) is 9.37 Å². The van der Waals surface area contributed by atoms with E-state index in [0.29, 0.717) is 18.7 Å². The van der Waals surface area contributed by atoms with Crippen LogP contribution in [0.25, 0.3) is 16.7 Å². The Hall–Kier alpha value is -2.20. The Kier molecular flexibility index (Phi) is 3.01. The summed E-state index contributed by atoms with van der Waals surface area (Å²) in [7, 11) is 0. The van der Waals surface area contributed by atoms with Crippen LogP contribution < -0.4 is 5.73 Å². The highest BCUT2D eigenvalue weighted by atomic mass is 19.1. The van der Waals surface area contributed by atoms with Crippen molar-refractivity contribution in [2.45, 2.75) is 6.42 Å². The molecule has 3 aromatic rings. The molecule has 0 fully saturated rings. The van der Waals surface area contributed by atoms with E-state index in [9.17, 15) is 4.39 Å². The van der Waals surface area contributed by atoms with Crippen molar-refractivity contribution in [1.29, 1.82) is 0 Å². The van der Waals surface area contributed by atoms with Crippen LogP contribution in [0.2, 0.25) is 0 Å². The number of benzene rings is 2. The van der Waals surface area contributed by atoms with Gasteiger partial charge < -0.3 is 5.73 Å². The molecule has 0 amide bonds. The lowest BCUT2D eigenvalue weighted by molar-refractivity contribution is 0.616. The molecule has 0 saturated carbocycles. The minimum Gasteiger partial charge on any atom is -0.330 e.